The molecule has 2 aromatic rings. The molecule has 2 aliphatic heterocycles. The first-order chi connectivity index (χ1) is 14.5. The van der Waals surface area contributed by atoms with E-state index in [1.165, 1.54) is 0 Å². The van der Waals surface area contributed by atoms with Crippen molar-refractivity contribution >= 4 is 15.7 Å². The van der Waals surface area contributed by atoms with Gasteiger partial charge >= 0.3 is 0 Å². The molecule has 2 saturated heterocycles. The Labute approximate surface area is 180 Å². The highest BCUT2D eigenvalue weighted by atomic mass is 32.2. The van der Waals surface area contributed by atoms with Crippen LogP contribution < -0.4 is 9.64 Å². The van der Waals surface area contributed by atoms with E-state index >= 15 is 0 Å². The summed E-state index contributed by atoms with van der Waals surface area (Å²) in [6, 6.07) is 15.4. The molecule has 7 heteroatoms. The zero-order chi connectivity index (χ0) is 21.1. The third kappa shape index (κ3) is 4.33. The molecular weight excluding hydrogens is 398 g/mol. The van der Waals surface area contributed by atoms with Gasteiger partial charge in [-0.2, -0.15) is 4.31 Å². The minimum Gasteiger partial charge on any atom is -0.495 e. The van der Waals surface area contributed by atoms with E-state index in [2.05, 4.69) is 15.9 Å². The van der Waals surface area contributed by atoms with E-state index in [9.17, 15) is 8.42 Å². The van der Waals surface area contributed by atoms with Crippen molar-refractivity contribution < 1.29 is 13.2 Å². The van der Waals surface area contributed by atoms with Crippen LogP contribution in [-0.2, 0) is 10.0 Å². The van der Waals surface area contributed by atoms with Crippen LogP contribution in [0.25, 0.3) is 0 Å². The van der Waals surface area contributed by atoms with Crippen molar-refractivity contribution in [2.45, 2.75) is 30.7 Å². The maximum absolute atomic E-state index is 13.2. The molecule has 0 aliphatic carbocycles. The third-order valence-electron chi connectivity index (χ3n) is 6.19. The molecule has 0 aromatic heterocycles. The van der Waals surface area contributed by atoms with Gasteiger partial charge in [0.25, 0.3) is 0 Å². The fraction of sp³-hybridized carbons (Fsp3) is 0.478. The van der Waals surface area contributed by atoms with Crippen LogP contribution in [0.4, 0.5) is 5.69 Å². The number of anilines is 1. The van der Waals surface area contributed by atoms with Crippen molar-refractivity contribution in [3.05, 3.63) is 54.1 Å². The first-order valence-corrected chi connectivity index (χ1v) is 12.1. The van der Waals surface area contributed by atoms with Crippen LogP contribution in [0.5, 0.6) is 5.75 Å². The lowest BCUT2D eigenvalue weighted by molar-refractivity contribution is 0.209. The number of hydrogen-bond acceptors (Lipinski definition) is 5. The predicted molar refractivity (Wildman–Crippen MR) is 120 cm³/mol. The van der Waals surface area contributed by atoms with Gasteiger partial charge in [-0.1, -0.05) is 24.3 Å². The summed E-state index contributed by atoms with van der Waals surface area (Å²) in [5.74, 6) is 0.900. The van der Waals surface area contributed by atoms with E-state index in [1.54, 1.807) is 23.5 Å². The highest BCUT2D eigenvalue weighted by Gasteiger charge is 2.36. The van der Waals surface area contributed by atoms with Gasteiger partial charge in [0.15, 0.2) is 0 Å². The number of methoxy groups -OCH3 is 1. The lowest BCUT2D eigenvalue weighted by Gasteiger charge is -2.38. The van der Waals surface area contributed by atoms with Crippen LogP contribution in [0.15, 0.2) is 53.4 Å². The van der Waals surface area contributed by atoms with Gasteiger partial charge in [0, 0.05) is 45.3 Å². The number of para-hydroxylation sites is 2. The smallest absolute Gasteiger partial charge is 0.243 e. The molecule has 0 amide bonds. The Kier molecular flexibility index (Phi) is 6.32. The van der Waals surface area contributed by atoms with Crippen LogP contribution in [0.1, 0.15) is 18.4 Å². The van der Waals surface area contributed by atoms with Gasteiger partial charge in [0.1, 0.15) is 5.75 Å². The summed E-state index contributed by atoms with van der Waals surface area (Å²) in [5.41, 5.74) is 2.10. The zero-order valence-corrected chi connectivity index (χ0v) is 18.6. The first-order valence-electron chi connectivity index (χ1n) is 10.7. The Morgan fingerprint density at radius 1 is 1.00 bits per heavy atom. The molecule has 2 aromatic carbocycles. The molecule has 0 saturated carbocycles. The molecule has 2 fully saturated rings. The summed E-state index contributed by atoms with van der Waals surface area (Å²) < 4.78 is 33.7. The van der Waals surface area contributed by atoms with Crippen molar-refractivity contribution in [2.24, 2.45) is 0 Å². The largest absolute Gasteiger partial charge is 0.495 e. The molecule has 162 valence electrons. The van der Waals surface area contributed by atoms with Crippen LogP contribution in [0.2, 0.25) is 0 Å². The van der Waals surface area contributed by atoms with E-state index in [0.717, 1.165) is 62.6 Å². The Hall–Kier alpha value is -2.09. The van der Waals surface area contributed by atoms with Gasteiger partial charge in [0.2, 0.25) is 10.0 Å². The number of piperazine rings is 1. The second-order valence-corrected chi connectivity index (χ2v) is 10.1. The third-order valence-corrected chi connectivity index (χ3v) is 8.13. The summed E-state index contributed by atoms with van der Waals surface area (Å²) in [6.07, 6.45) is 1.86. The quantitative estimate of drug-likeness (QED) is 0.707. The lowest BCUT2D eigenvalue weighted by Crippen LogP contribution is -2.51. The van der Waals surface area contributed by atoms with E-state index in [4.69, 9.17) is 4.74 Å². The maximum atomic E-state index is 13.2. The first kappa shape index (κ1) is 21.2. The number of hydrogen-bond donors (Lipinski definition) is 0. The average Bonchev–Trinajstić information content (AvgIpc) is 3.23. The molecular formula is C23H31N3O3S. The van der Waals surface area contributed by atoms with Gasteiger partial charge in [-0.15, -0.1) is 0 Å². The van der Waals surface area contributed by atoms with Crippen molar-refractivity contribution in [2.75, 3.05) is 51.3 Å². The minimum atomic E-state index is -3.44. The van der Waals surface area contributed by atoms with E-state index in [0.29, 0.717) is 11.4 Å². The second-order valence-electron chi connectivity index (χ2n) is 8.19. The molecule has 0 spiro atoms. The number of aryl methyl sites for hydroxylation is 1. The molecule has 6 nitrogen and oxygen atoms in total. The van der Waals surface area contributed by atoms with Crippen molar-refractivity contribution in [1.82, 2.24) is 9.21 Å². The number of rotatable bonds is 6. The van der Waals surface area contributed by atoms with E-state index in [-0.39, 0.29) is 6.04 Å². The molecule has 0 radical (unpaired) electrons. The van der Waals surface area contributed by atoms with Crippen LogP contribution in [-0.4, -0.2) is 70.0 Å². The van der Waals surface area contributed by atoms with Crippen molar-refractivity contribution in [3.8, 4) is 5.75 Å². The van der Waals surface area contributed by atoms with Gasteiger partial charge in [-0.05, 0) is 49.6 Å². The highest BCUT2D eigenvalue weighted by molar-refractivity contribution is 7.89. The number of ether oxygens (including phenoxy) is 1. The van der Waals surface area contributed by atoms with Crippen LogP contribution in [0, 0.1) is 6.92 Å². The SMILES string of the molecule is COc1ccccc1N1CCN(C[C@@H]2CCCN2S(=O)(=O)c2cccc(C)c2)CC1. The zero-order valence-electron chi connectivity index (χ0n) is 17.8. The molecule has 4 rings (SSSR count). The number of nitrogens with zero attached hydrogens (tertiary/aromatic N) is 3. The summed E-state index contributed by atoms with van der Waals surface area (Å²) in [6.45, 7) is 7.02. The summed E-state index contributed by atoms with van der Waals surface area (Å²) in [5, 5.41) is 0. The van der Waals surface area contributed by atoms with E-state index in [1.807, 2.05) is 37.3 Å². The standard InChI is InChI=1S/C23H31N3O3S/c1-19-7-5-9-21(17-19)30(27,28)26-12-6-8-20(26)18-24-13-15-25(16-14-24)22-10-3-4-11-23(22)29-2/h3-5,7,9-11,17,20H,6,8,12-16,18H2,1-2H3/t20-/m0/s1. The minimum absolute atomic E-state index is 0.0494. The molecule has 0 unspecified atom stereocenters. The Morgan fingerprint density at radius 3 is 2.50 bits per heavy atom. The highest BCUT2D eigenvalue weighted by Crippen LogP contribution is 2.30. The topological polar surface area (TPSA) is 53.1 Å². The predicted octanol–water partition coefficient (Wildman–Crippen LogP) is 2.98. The number of benzene rings is 2. The van der Waals surface area contributed by atoms with Crippen molar-refractivity contribution in [3.63, 3.8) is 0 Å². The second kappa shape index (κ2) is 8.96. The van der Waals surface area contributed by atoms with E-state index < -0.39 is 10.0 Å². The van der Waals surface area contributed by atoms with Gasteiger partial charge in [0.05, 0.1) is 17.7 Å². The molecule has 2 heterocycles. The summed E-state index contributed by atoms with van der Waals surface area (Å²) in [7, 11) is -1.74. The molecule has 1 atom stereocenters. The van der Waals surface area contributed by atoms with Crippen LogP contribution in [0.3, 0.4) is 0 Å². The van der Waals surface area contributed by atoms with Crippen LogP contribution >= 0.6 is 0 Å². The normalized spacial score (nSPS) is 21.1. The van der Waals surface area contributed by atoms with Gasteiger partial charge < -0.3 is 9.64 Å². The lowest BCUT2D eigenvalue weighted by atomic mass is 10.2. The fourth-order valence-corrected chi connectivity index (χ4v) is 6.37. The summed E-state index contributed by atoms with van der Waals surface area (Å²) >= 11 is 0. The maximum Gasteiger partial charge on any atom is 0.243 e. The molecule has 0 N–H and O–H groups in total. The average molecular weight is 430 g/mol. The van der Waals surface area contributed by atoms with Gasteiger partial charge in [-0.25, -0.2) is 8.42 Å². The fourth-order valence-electron chi connectivity index (χ4n) is 4.58. The monoisotopic (exact) mass is 429 g/mol. The molecule has 2 aliphatic rings. The van der Waals surface area contributed by atoms with Gasteiger partial charge in [-0.3, -0.25) is 4.90 Å². The molecule has 0 bridgehead atoms. The summed E-state index contributed by atoms with van der Waals surface area (Å²) in [4.78, 5) is 5.17. The molecule has 30 heavy (non-hydrogen) atoms. The Balaban J connectivity index is 1.40. The van der Waals surface area contributed by atoms with Crippen molar-refractivity contribution in [1.29, 1.82) is 0 Å². The number of sulfonamides is 1. The Morgan fingerprint density at radius 2 is 1.77 bits per heavy atom. The Bertz CT molecular complexity index is 971.